The Morgan fingerprint density at radius 1 is 1.14 bits per heavy atom. The number of nitrogens with zero attached hydrogens (tertiary/aromatic N) is 5. The van der Waals surface area contributed by atoms with Gasteiger partial charge >= 0.3 is 5.97 Å². The van der Waals surface area contributed by atoms with Gasteiger partial charge in [-0.2, -0.15) is 0 Å². The Bertz CT molecular complexity index is 1250. The summed E-state index contributed by atoms with van der Waals surface area (Å²) >= 11 is 1.43. The highest BCUT2D eigenvalue weighted by molar-refractivity contribution is 7.12. The number of piperazine rings is 1. The van der Waals surface area contributed by atoms with E-state index in [0.717, 1.165) is 5.39 Å². The Morgan fingerprint density at radius 3 is 2.57 bits per heavy atom. The molecule has 1 aliphatic rings. The fourth-order valence-corrected chi connectivity index (χ4v) is 4.93. The molecule has 0 unspecified atom stereocenters. The van der Waals surface area contributed by atoms with Crippen LogP contribution in [-0.2, 0) is 11.3 Å². The van der Waals surface area contributed by atoms with Crippen molar-refractivity contribution in [3.05, 3.63) is 56.6 Å². The second-order valence-corrected chi connectivity index (χ2v) is 9.70. The Balaban J connectivity index is 1.75. The molecule has 0 atom stereocenters. The first-order valence-electron chi connectivity index (χ1n) is 11.8. The number of pyridine rings is 2. The number of anilines is 1. The number of amides is 1. The SMILES string of the molecule is CCCOC(=O)c1c(N2CCN(C(=O)c3cccs3)CC2)c2cccnc2n(CCN(C)C)c1=O. The zero-order valence-electron chi connectivity index (χ0n) is 20.4. The molecule has 1 fully saturated rings. The van der Waals surface area contributed by atoms with Crippen LogP contribution < -0.4 is 10.5 Å². The monoisotopic (exact) mass is 497 g/mol. The predicted octanol–water partition coefficient (Wildman–Crippen LogP) is 2.55. The summed E-state index contributed by atoms with van der Waals surface area (Å²) in [6, 6.07) is 7.40. The van der Waals surface area contributed by atoms with Crippen molar-refractivity contribution in [2.24, 2.45) is 0 Å². The predicted molar refractivity (Wildman–Crippen MR) is 138 cm³/mol. The van der Waals surface area contributed by atoms with Gasteiger partial charge in [-0.15, -0.1) is 11.3 Å². The van der Waals surface area contributed by atoms with Crippen molar-refractivity contribution >= 4 is 39.9 Å². The van der Waals surface area contributed by atoms with E-state index in [9.17, 15) is 14.4 Å². The fraction of sp³-hybridized carbons (Fsp3) is 0.440. The molecule has 4 rings (SSSR count). The molecule has 0 spiro atoms. The molecule has 9 nitrogen and oxygen atoms in total. The third-order valence-corrected chi connectivity index (χ3v) is 6.88. The molecule has 1 aliphatic heterocycles. The zero-order valence-corrected chi connectivity index (χ0v) is 21.2. The molecule has 0 bridgehead atoms. The van der Waals surface area contributed by atoms with Gasteiger partial charge in [0.05, 0.1) is 17.2 Å². The minimum Gasteiger partial charge on any atom is -0.462 e. The number of carbonyl (C=O) groups excluding carboxylic acids is 2. The minimum absolute atomic E-state index is 0.00727. The van der Waals surface area contributed by atoms with E-state index in [-0.39, 0.29) is 18.1 Å². The third kappa shape index (κ3) is 5.23. The number of esters is 1. The lowest BCUT2D eigenvalue weighted by Gasteiger charge is -2.37. The van der Waals surface area contributed by atoms with Crippen molar-refractivity contribution in [1.82, 2.24) is 19.4 Å². The molecular weight excluding hydrogens is 466 g/mol. The van der Waals surface area contributed by atoms with Crippen LogP contribution in [0.25, 0.3) is 11.0 Å². The van der Waals surface area contributed by atoms with E-state index in [4.69, 9.17) is 4.74 Å². The molecule has 0 N–H and O–H groups in total. The highest BCUT2D eigenvalue weighted by Crippen LogP contribution is 2.30. The molecule has 10 heteroatoms. The summed E-state index contributed by atoms with van der Waals surface area (Å²) in [5.74, 6) is -0.610. The van der Waals surface area contributed by atoms with Gasteiger partial charge in [0, 0.05) is 50.9 Å². The largest absolute Gasteiger partial charge is 0.462 e. The van der Waals surface area contributed by atoms with E-state index in [1.807, 2.05) is 65.4 Å². The summed E-state index contributed by atoms with van der Waals surface area (Å²) in [6.45, 7) is 5.15. The van der Waals surface area contributed by atoms with E-state index >= 15 is 0 Å². The number of likely N-dealkylation sites (N-methyl/N-ethyl adjacent to an activating group) is 1. The minimum atomic E-state index is -0.617. The molecule has 1 saturated heterocycles. The number of hydrogen-bond donors (Lipinski definition) is 0. The average Bonchev–Trinajstić information content (AvgIpc) is 3.41. The van der Waals surface area contributed by atoms with E-state index in [1.54, 1.807) is 10.8 Å². The van der Waals surface area contributed by atoms with Crippen LogP contribution in [0, 0.1) is 0 Å². The van der Waals surface area contributed by atoms with Crippen LogP contribution in [-0.4, -0.2) is 84.7 Å². The van der Waals surface area contributed by atoms with Crippen molar-refractivity contribution in [3.63, 3.8) is 0 Å². The van der Waals surface area contributed by atoms with Crippen molar-refractivity contribution in [2.45, 2.75) is 19.9 Å². The molecule has 3 aromatic rings. The lowest BCUT2D eigenvalue weighted by Crippen LogP contribution is -2.49. The molecule has 4 heterocycles. The van der Waals surface area contributed by atoms with Gasteiger partial charge in [0.25, 0.3) is 11.5 Å². The van der Waals surface area contributed by atoms with Gasteiger partial charge in [-0.3, -0.25) is 14.2 Å². The number of hydrogen-bond acceptors (Lipinski definition) is 8. The number of aromatic nitrogens is 2. The topological polar surface area (TPSA) is 88.0 Å². The van der Waals surface area contributed by atoms with Gasteiger partial charge in [-0.1, -0.05) is 13.0 Å². The number of rotatable bonds is 8. The quantitative estimate of drug-likeness (QED) is 0.442. The molecule has 0 saturated carbocycles. The molecule has 186 valence electrons. The van der Waals surface area contributed by atoms with Gasteiger partial charge in [0.15, 0.2) is 0 Å². The first-order valence-corrected chi connectivity index (χ1v) is 12.7. The fourth-order valence-electron chi connectivity index (χ4n) is 4.24. The molecule has 0 radical (unpaired) electrons. The highest BCUT2D eigenvalue weighted by Gasteiger charge is 2.30. The lowest BCUT2D eigenvalue weighted by atomic mass is 10.1. The van der Waals surface area contributed by atoms with Crippen LogP contribution in [0.15, 0.2) is 40.6 Å². The number of thiophene rings is 1. The molecule has 1 amide bonds. The van der Waals surface area contributed by atoms with Gasteiger partial charge in [0.2, 0.25) is 0 Å². The number of ether oxygens (including phenoxy) is 1. The maximum Gasteiger partial charge on any atom is 0.345 e. The van der Waals surface area contributed by atoms with Crippen molar-refractivity contribution < 1.29 is 14.3 Å². The Hall–Kier alpha value is -3.24. The highest BCUT2D eigenvalue weighted by atomic mass is 32.1. The second-order valence-electron chi connectivity index (χ2n) is 8.75. The van der Waals surface area contributed by atoms with Crippen molar-refractivity contribution in [2.75, 3.05) is 58.3 Å². The van der Waals surface area contributed by atoms with Crippen LogP contribution in [0.3, 0.4) is 0 Å². The first-order chi connectivity index (χ1) is 16.9. The Kier molecular flexibility index (Phi) is 7.82. The van der Waals surface area contributed by atoms with Crippen molar-refractivity contribution in [3.8, 4) is 0 Å². The molecule has 3 aromatic heterocycles. The Labute approximate surface area is 208 Å². The van der Waals surface area contributed by atoms with Gasteiger partial charge in [0.1, 0.15) is 11.2 Å². The smallest absolute Gasteiger partial charge is 0.345 e. The van der Waals surface area contributed by atoms with E-state index in [2.05, 4.69) is 4.98 Å². The summed E-state index contributed by atoms with van der Waals surface area (Å²) in [6.07, 6.45) is 2.32. The van der Waals surface area contributed by atoms with E-state index in [0.29, 0.717) is 61.9 Å². The first kappa shape index (κ1) is 24.9. The van der Waals surface area contributed by atoms with Crippen LogP contribution in [0.1, 0.15) is 33.4 Å². The van der Waals surface area contributed by atoms with Crippen LogP contribution >= 0.6 is 11.3 Å². The van der Waals surface area contributed by atoms with E-state index in [1.165, 1.54) is 11.3 Å². The molecular formula is C25H31N5O4S. The van der Waals surface area contributed by atoms with Crippen LogP contribution in [0.2, 0.25) is 0 Å². The maximum atomic E-state index is 13.7. The average molecular weight is 498 g/mol. The normalized spacial score (nSPS) is 14.1. The van der Waals surface area contributed by atoms with Gasteiger partial charge in [-0.05, 0) is 44.1 Å². The summed E-state index contributed by atoms with van der Waals surface area (Å²) in [5, 5.41) is 2.62. The molecule has 0 aromatic carbocycles. The second kappa shape index (κ2) is 11.0. The third-order valence-electron chi connectivity index (χ3n) is 6.02. The summed E-state index contributed by atoms with van der Waals surface area (Å²) < 4.78 is 7.02. The zero-order chi connectivity index (χ0) is 24.9. The number of fused-ring (bicyclic) bond motifs is 1. The summed E-state index contributed by atoms with van der Waals surface area (Å²) in [5.41, 5.74) is 0.726. The molecule has 35 heavy (non-hydrogen) atoms. The Morgan fingerprint density at radius 2 is 1.91 bits per heavy atom. The van der Waals surface area contributed by atoms with Crippen LogP contribution in [0.4, 0.5) is 5.69 Å². The summed E-state index contributed by atoms with van der Waals surface area (Å²) in [7, 11) is 3.87. The van der Waals surface area contributed by atoms with Crippen molar-refractivity contribution in [1.29, 1.82) is 0 Å². The summed E-state index contributed by atoms with van der Waals surface area (Å²) in [4.78, 5) is 50.7. The number of carbonyl (C=O) groups is 2. The van der Waals surface area contributed by atoms with E-state index < -0.39 is 11.5 Å². The van der Waals surface area contributed by atoms with Gasteiger partial charge < -0.3 is 19.4 Å². The maximum absolute atomic E-state index is 13.7. The van der Waals surface area contributed by atoms with Gasteiger partial charge in [-0.25, -0.2) is 9.78 Å². The van der Waals surface area contributed by atoms with Crippen LogP contribution in [0.5, 0.6) is 0 Å². The lowest BCUT2D eigenvalue weighted by molar-refractivity contribution is 0.0502. The standard InChI is InChI=1S/C25H31N5O4S/c1-4-16-34-25(33)20-21(28-11-13-29(14-12-28)23(31)19-8-6-17-35-19)18-7-5-9-26-22(18)30(24(20)32)15-10-27(2)3/h5-9,17H,4,10-16H2,1-3H3. The molecule has 0 aliphatic carbocycles.